The summed E-state index contributed by atoms with van der Waals surface area (Å²) >= 11 is 0. The SMILES string of the molecule is CCCCCCCCCCC(C)CCCCCC(C)CCCC(C)CCCCCCCC. The van der Waals surface area contributed by atoms with Crippen LogP contribution in [0.15, 0.2) is 0 Å². The molecule has 0 aromatic rings. The molecule has 0 heteroatoms. The van der Waals surface area contributed by atoms with Gasteiger partial charge in [-0.05, 0) is 17.8 Å². The maximum Gasteiger partial charge on any atom is -0.0443 e. The van der Waals surface area contributed by atoms with E-state index in [4.69, 9.17) is 0 Å². The Hall–Kier alpha value is 0. The van der Waals surface area contributed by atoms with E-state index in [2.05, 4.69) is 34.6 Å². The van der Waals surface area contributed by atoms with E-state index in [0.29, 0.717) is 0 Å². The molecule has 0 amide bonds. The highest BCUT2D eigenvalue weighted by Crippen LogP contribution is 2.23. The van der Waals surface area contributed by atoms with Gasteiger partial charge in [0.25, 0.3) is 0 Å². The summed E-state index contributed by atoms with van der Waals surface area (Å²) in [6.45, 7) is 12.1. The van der Waals surface area contributed by atoms with Crippen molar-refractivity contribution in [3.63, 3.8) is 0 Å². The van der Waals surface area contributed by atoms with Crippen molar-refractivity contribution in [2.45, 2.75) is 189 Å². The first kappa shape index (κ1) is 32.0. The van der Waals surface area contributed by atoms with Gasteiger partial charge in [-0.1, -0.05) is 189 Å². The smallest absolute Gasteiger partial charge is 0.0443 e. The Morgan fingerprint density at radius 3 is 0.812 bits per heavy atom. The molecule has 0 nitrogen and oxygen atoms in total. The summed E-state index contributed by atoms with van der Waals surface area (Å²) in [5.41, 5.74) is 0. The van der Waals surface area contributed by atoms with Crippen molar-refractivity contribution in [3.05, 3.63) is 0 Å². The molecule has 0 rings (SSSR count). The Kier molecular flexibility index (Phi) is 25.6. The first-order chi connectivity index (χ1) is 15.6. The molecule has 0 aliphatic heterocycles. The summed E-state index contributed by atoms with van der Waals surface area (Å²) in [6.07, 6.45) is 35.0. The Balaban J connectivity index is 3.38. The third kappa shape index (κ3) is 24.6. The van der Waals surface area contributed by atoms with Gasteiger partial charge in [-0.15, -0.1) is 0 Å². The molecule has 3 unspecified atom stereocenters. The fraction of sp³-hybridized carbons (Fsp3) is 1.00. The zero-order valence-corrected chi connectivity index (χ0v) is 23.7. The second-order valence-electron chi connectivity index (χ2n) is 11.7. The molecule has 0 aliphatic rings. The second-order valence-corrected chi connectivity index (χ2v) is 11.7. The summed E-state index contributed by atoms with van der Waals surface area (Å²) in [7, 11) is 0. The van der Waals surface area contributed by atoms with E-state index in [1.54, 1.807) is 0 Å². The van der Waals surface area contributed by atoms with Crippen molar-refractivity contribution >= 4 is 0 Å². The van der Waals surface area contributed by atoms with Crippen LogP contribution in [0.1, 0.15) is 189 Å². The van der Waals surface area contributed by atoms with E-state index in [1.807, 2.05) is 0 Å². The number of hydrogen-bond acceptors (Lipinski definition) is 0. The predicted octanol–water partition coefficient (Wildman–Crippen LogP) is 12.3. The van der Waals surface area contributed by atoms with Crippen LogP contribution < -0.4 is 0 Å². The van der Waals surface area contributed by atoms with Crippen LogP contribution in [0.5, 0.6) is 0 Å². The summed E-state index contributed by atoms with van der Waals surface area (Å²) in [5.74, 6) is 2.86. The molecule has 194 valence electrons. The molecule has 0 fully saturated rings. The van der Waals surface area contributed by atoms with Gasteiger partial charge < -0.3 is 0 Å². The predicted molar refractivity (Wildman–Crippen MR) is 150 cm³/mol. The van der Waals surface area contributed by atoms with Crippen LogP contribution in [0.25, 0.3) is 0 Å². The lowest BCUT2D eigenvalue weighted by molar-refractivity contribution is 0.385. The highest BCUT2D eigenvalue weighted by molar-refractivity contribution is 4.60. The van der Waals surface area contributed by atoms with Gasteiger partial charge in [0.2, 0.25) is 0 Å². The molecule has 0 saturated heterocycles. The molecule has 0 radical (unpaired) electrons. The topological polar surface area (TPSA) is 0 Å². The van der Waals surface area contributed by atoms with Crippen LogP contribution in [0.3, 0.4) is 0 Å². The van der Waals surface area contributed by atoms with Crippen LogP contribution in [0.2, 0.25) is 0 Å². The normalized spacial score (nSPS) is 14.5. The molecule has 0 spiro atoms. The molecule has 0 aromatic heterocycles. The third-order valence-corrected chi connectivity index (χ3v) is 7.89. The zero-order chi connectivity index (χ0) is 23.7. The molecule has 0 heterocycles. The maximum atomic E-state index is 2.50. The van der Waals surface area contributed by atoms with Crippen molar-refractivity contribution < 1.29 is 0 Å². The Morgan fingerprint density at radius 1 is 0.281 bits per heavy atom. The highest BCUT2D eigenvalue weighted by atomic mass is 14.1. The minimum absolute atomic E-state index is 0.950. The molecule has 3 atom stereocenters. The van der Waals surface area contributed by atoms with Gasteiger partial charge in [-0.2, -0.15) is 0 Å². The van der Waals surface area contributed by atoms with Gasteiger partial charge in [0.05, 0.1) is 0 Å². The third-order valence-electron chi connectivity index (χ3n) is 7.89. The van der Waals surface area contributed by atoms with Crippen molar-refractivity contribution in [2.75, 3.05) is 0 Å². The molecule has 32 heavy (non-hydrogen) atoms. The second kappa shape index (κ2) is 25.6. The Bertz CT molecular complexity index is 333. The molecule has 0 N–H and O–H groups in total. The maximum absolute atomic E-state index is 2.50. The van der Waals surface area contributed by atoms with Gasteiger partial charge in [0.1, 0.15) is 0 Å². The molecule has 0 saturated carbocycles. The Morgan fingerprint density at radius 2 is 0.500 bits per heavy atom. The average molecular weight is 451 g/mol. The summed E-state index contributed by atoms with van der Waals surface area (Å²) in [5, 5.41) is 0. The first-order valence-corrected chi connectivity index (χ1v) is 15.6. The molecule has 0 aliphatic carbocycles. The molecule has 0 aromatic carbocycles. The number of hydrogen-bond donors (Lipinski definition) is 0. The van der Waals surface area contributed by atoms with Crippen molar-refractivity contribution in [1.29, 1.82) is 0 Å². The van der Waals surface area contributed by atoms with E-state index >= 15 is 0 Å². The highest BCUT2D eigenvalue weighted by Gasteiger charge is 2.07. The minimum Gasteiger partial charge on any atom is -0.0654 e. The van der Waals surface area contributed by atoms with E-state index in [-0.39, 0.29) is 0 Å². The first-order valence-electron chi connectivity index (χ1n) is 15.6. The van der Waals surface area contributed by atoms with E-state index in [1.165, 1.54) is 154 Å². The summed E-state index contributed by atoms with van der Waals surface area (Å²) in [6, 6.07) is 0. The largest absolute Gasteiger partial charge is 0.0654 e. The quantitative estimate of drug-likeness (QED) is 0.115. The summed E-state index contributed by atoms with van der Waals surface area (Å²) in [4.78, 5) is 0. The molecular formula is C32H66. The standard InChI is InChI=1S/C32H66/c1-6-8-10-12-14-15-17-20-24-30(3)26-21-18-22-27-32(5)29-23-28-31(4)25-19-16-13-11-9-7-2/h30-32H,6-29H2,1-5H3. The van der Waals surface area contributed by atoms with E-state index < -0.39 is 0 Å². The van der Waals surface area contributed by atoms with Crippen molar-refractivity contribution in [1.82, 2.24) is 0 Å². The fourth-order valence-electron chi connectivity index (χ4n) is 5.31. The lowest BCUT2D eigenvalue weighted by Crippen LogP contribution is -2.00. The van der Waals surface area contributed by atoms with Gasteiger partial charge in [0, 0.05) is 0 Å². The fourth-order valence-corrected chi connectivity index (χ4v) is 5.31. The van der Waals surface area contributed by atoms with Gasteiger partial charge in [-0.3, -0.25) is 0 Å². The van der Waals surface area contributed by atoms with E-state index in [0.717, 1.165) is 17.8 Å². The van der Waals surface area contributed by atoms with Crippen molar-refractivity contribution in [2.24, 2.45) is 17.8 Å². The van der Waals surface area contributed by atoms with Crippen LogP contribution >= 0.6 is 0 Å². The van der Waals surface area contributed by atoms with Crippen LogP contribution in [-0.2, 0) is 0 Å². The van der Waals surface area contributed by atoms with Crippen LogP contribution in [0, 0.1) is 17.8 Å². The zero-order valence-electron chi connectivity index (χ0n) is 23.7. The van der Waals surface area contributed by atoms with Gasteiger partial charge >= 0.3 is 0 Å². The average Bonchev–Trinajstić information content (AvgIpc) is 2.77. The molecule has 0 bridgehead atoms. The van der Waals surface area contributed by atoms with Gasteiger partial charge in [0.15, 0.2) is 0 Å². The molecular weight excluding hydrogens is 384 g/mol. The number of unbranched alkanes of at least 4 members (excludes halogenated alkanes) is 14. The number of rotatable bonds is 26. The summed E-state index contributed by atoms with van der Waals surface area (Å²) < 4.78 is 0. The van der Waals surface area contributed by atoms with Crippen LogP contribution in [0.4, 0.5) is 0 Å². The van der Waals surface area contributed by atoms with E-state index in [9.17, 15) is 0 Å². The lowest BCUT2D eigenvalue weighted by atomic mass is 9.91. The monoisotopic (exact) mass is 451 g/mol. The Labute approximate surface area is 206 Å². The van der Waals surface area contributed by atoms with Gasteiger partial charge in [-0.25, -0.2) is 0 Å². The lowest BCUT2D eigenvalue weighted by Gasteiger charge is -2.15. The van der Waals surface area contributed by atoms with Crippen molar-refractivity contribution in [3.8, 4) is 0 Å². The van der Waals surface area contributed by atoms with Crippen LogP contribution in [-0.4, -0.2) is 0 Å². The minimum atomic E-state index is 0.950.